The molecule has 0 saturated carbocycles. The van der Waals surface area contributed by atoms with Gasteiger partial charge in [0.15, 0.2) is 0 Å². The van der Waals surface area contributed by atoms with Crippen LogP contribution in [0.2, 0.25) is 0 Å². The largest absolute Gasteiger partial charge is 0.475 e. The quantitative estimate of drug-likeness (QED) is 0.679. The van der Waals surface area contributed by atoms with E-state index in [2.05, 4.69) is 0 Å². The van der Waals surface area contributed by atoms with Crippen molar-refractivity contribution in [3.05, 3.63) is 52.8 Å². The van der Waals surface area contributed by atoms with Crippen LogP contribution < -0.4 is 0 Å². The van der Waals surface area contributed by atoms with Crippen molar-refractivity contribution in [1.29, 1.82) is 0 Å². The molecule has 4 heteroatoms. The zero-order valence-electron chi connectivity index (χ0n) is 11.1. The van der Waals surface area contributed by atoms with Gasteiger partial charge in [-0.3, -0.25) is 4.79 Å². The van der Waals surface area contributed by atoms with Crippen molar-refractivity contribution in [1.82, 2.24) is 4.57 Å². The smallest absolute Gasteiger partial charge is 0.377 e. The van der Waals surface area contributed by atoms with Crippen molar-refractivity contribution in [2.75, 3.05) is 0 Å². The molecule has 1 aromatic carbocycles. The summed E-state index contributed by atoms with van der Waals surface area (Å²) in [4.78, 5) is 22.4. The topological polar surface area (TPSA) is 59.3 Å². The van der Waals surface area contributed by atoms with Crippen LogP contribution in [0.5, 0.6) is 0 Å². The summed E-state index contributed by atoms with van der Waals surface area (Å²) in [7, 11) is 0. The van der Waals surface area contributed by atoms with Gasteiger partial charge >= 0.3 is 5.97 Å². The predicted octanol–water partition coefficient (Wildman–Crippen LogP) is 2.67. The maximum atomic E-state index is 11.6. The normalized spacial score (nSPS) is 10.5. The van der Waals surface area contributed by atoms with Crippen LogP contribution in [0.3, 0.4) is 0 Å². The van der Waals surface area contributed by atoms with E-state index in [0.717, 1.165) is 16.9 Å². The van der Waals surface area contributed by atoms with Crippen LogP contribution >= 0.6 is 0 Å². The molecule has 4 nitrogen and oxygen atoms in total. The number of aliphatic carboxylic acids is 1. The van der Waals surface area contributed by atoms with Crippen molar-refractivity contribution in [3.63, 3.8) is 0 Å². The molecular weight excluding hydrogens is 242 g/mol. The first kappa shape index (κ1) is 13.1. The molecule has 19 heavy (non-hydrogen) atoms. The van der Waals surface area contributed by atoms with Crippen molar-refractivity contribution < 1.29 is 14.7 Å². The lowest BCUT2D eigenvalue weighted by Crippen LogP contribution is -2.13. The summed E-state index contributed by atoms with van der Waals surface area (Å²) >= 11 is 0. The molecule has 2 rings (SSSR count). The Kier molecular flexibility index (Phi) is 3.25. The average molecular weight is 257 g/mol. The molecule has 1 aromatic heterocycles. The molecule has 0 spiro atoms. The lowest BCUT2D eigenvalue weighted by Gasteiger charge is -2.09. The highest BCUT2D eigenvalue weighted by Crippen LogP contribution is 2.21. The van der Waals surface area contributed by atoms with Gasteiger partial charge in [0.05, 0.1) is 5.56 Å². The number of carbonyl (C=O) groups is 2. The van der Waals surface area contributed by atoms with E-state index in [1.54, 1.807) is 13.0 Å². The zero-order valence-corrected chi connectivity index (χ0v) is 11.1. The lowest BCUT2D eigenvalue weighted by atomic mass is 10.1. The first-order chi connectivity index (χ1) is 8.91. The van der Waals surface area contributed by atoms with Gasteiger partial charge in [-0.2, -0.15) is 0 Å². The van der Waals surface area contributed by atoms with E-state index >= 15 is 0 Å². The Bertz CT molecular complexity index is 651. The minimum Gasteiger partial charge on any atom is -0.475 e. The number of Topliss-reactive ketones (excluding diaryl/α,β-unsaturated/α-hetero) is 1. The second kappa shape index (κ2) is 4.72. The van der Waals surface area contributed by atoms with Crippen LogP contribution in [0.15, 0.2) is 30.3 Å². The van der Waals surface area contributed by atoms with Gasteiger partial charge in [0.2, 0.25) is 0 Å². The molecule has 0 amide bonds. The molecule has 0 aliphatic rings. The molecule has 0 unspecified atom stereocenters. The van der Waals surface area contributed by atoms with Crippen molar-refractivity contribution in [2.45, 2.75) is 20.8 Å². The van der Waals surface area contributed by atoms with Crippen molar-refractivity contribution in [3.8, 4) is 5.69 Å². The van der Waals surface area contributed by atoms with Crippen LogP contribution in [-0.2, 0) is 4.79 Å². The number of hydrogen-bond donors (Lipinski definition) is 1. The molecule has 0 aliphatic heterocycles. The summed E-state index contributed by atoms with van der Waals surface area (Å²) in [6, 6.07) is 9.47. The molecule has 0 aliphatic carbocycles. The van der Waals surface area contributed by atoms with E-state index in [-0.39, 0.29) is 5.56 Å². The molecule has 0 bridgehead atoms. The third kappa shape index (κ3) is 2.29. The van der Waals surface area contributed by atoms with Gasteiger partial charge in [-0.1, -0.05) is 17.7 Å². The van der Waals surface area contributed by atoms with Gasteiger partial charge in [-0.05, 0) is 39.0 Å². The number of hydrogen-bond acceptors (Lipinski definition) is 2. The Hall–Kier alpha value is -2.36. The summed E-state index contributed by atoms with van der Waals surface area (Å²) in [6.07, 6.45) is 0. The van der Waals surface area contributed by atoms with Crippen LogP contribution in [0, 0.1) is 20.8 Å². The summed E-state index contributed by atoms with van der Waals surface area (Å²) in [5.74, 6) is -2.30. The molecule has 2 aromatic rings. The van der Waals surface area contributed by atoms with Crippen LogP contribution in [0.25, 0.3) is 5.69 Å². The number of aryl methyl sites for hydroxylation is 2. The first-order valence-electron chi connectivity index (χ1n) is 5.95. The van der Waals surface area contributed by atoms with Gasteiger partial charge < -0.3 is 9.67 Å². The van der Waals surface area contributed by atoms with Gasteiger partial charge in [0.1, 0.15) is 0 Å². The van der Waals surface area contributed by atoms with Gasteiger partial charge in [-0.25, -0.2) is 4.79 Å². The molecule has 98 valence electrons. The van der Waals surface area contributed by atoms with Gasteiger partial charge in [0, 0.05) is 17.1 Å². The number of ketones is 1. The number of carboxylic acids is 1. The monoisotopic (exact) mass is 257 g/mol. The number of nitrogens with zero attached hydrogens (tertiary/aromatic N) is 1. The molecule has 1 heterocycles. The minimum atomic E-state index is -1.43. The Labute approximate surface area is 111 Å². The Morgan fingerprint density at radius 1 is 1.05 bits per heavy atom. The maximum Gasteiger partial charge on any atom is 0.377 e. The number of carboxylic acid groups (broad SMARTS) is 1. The highest BCUT2D eigenvalue weighted by atomic mass is 16.4. The minimum absolute atomic E-state index is 0.241. The maximum absolute atomic E-state index is 11.6. The Morgan fingerprint density at radius 3 is 2.16 bits per heavy atom. The average Bonchev–Trinajstić information content (AvgIpc) is 2.65. The van der Waals surface area contributed by atoms with E-state index in [1.165, 1.54) is 0 Å². The summed E-state index contributed by atoms with van der Waals surface area (Å²) < 4.78 is 1.88. The highest BCUT2D eigenvalue weighted by molar-refractivity contribution is 6.40. The fourth-order valence-electron chi connectivity index (χ4n) is 2.20. The van der Waals surface area contributed by atoms with Gasteiger partial charge in [0.25, 0.3) is 5.78 Å². The number of aromatic nitrogens is 1. The van der Waals surface area contributed by atoms with E-state index in [1.807, 2.05) is 42.7 Å². The number of carbonyl (C=O) groups excluding carboxylic acids is 1. The van der Waals surface area contributed by atoms with Crippen LogP contribution in [-0.4, -0.2) is 21.4 Å². The second-order valence-electron chi connectivity index (χ2n) is 4.59. The SMILES string of the molecule is Cc1ccc(-n2c(C)cc(C(=O)C(=O)O)c2C)cc1. The number of benzene rings is 1. The van der Waals surface area contributed by atoms with Gasteiger partial charge in [-0.15, -0.1) is 0 Å². The van der Waals surface area contributed by atoms with Crippen molar-refractivity contribution >= 4 is 11.8 Å². The Morgan fingerprint density at radius 2 is 1.63 bits per heavy atom. The molecule has 0 radical (unpaired) electrons. The third-order valence-electron chi connectivity index (χ3n) is 3.16. The lowest BCUT2D eigenvalue weighted by molar-refractivity contribution is -0.131. The first-order valence-corrected chi connectivity index (χ1v) is 5.95. The number of rotatable bonds is 3. The van der Waals surface area contributed by atoms with Crippen LogP contribution in [0.4, 0.5) is 0 Å². The fraction of sp³-hybridized carbons (Fsp3) is 0.200. The summed E-state index contributed by atoms with van der Waals surface area (Å²) in [5.41, 5.74) is 3.79. The zero-order chi connectivity index (χ0) is 14.2. The van der Waals surface area contributed by atoms with Crippen molar-refractivity contribution in [2.24, 2.45) is 0 Å². The second-order valence-corrected chi connectivity index (χ2v) is 4.59. The summed E-state index contributed by atoms with van der Waals surface area (Å²) in [6.45, 7) is 5.60. The molecule has 0 atom stereocenters. The van der Waals surface area contributed by atoms with E-state index in [9.17, 15) is 9.59 Å². The van der Waals surface area contributed by atoms with E-state index in [4.69, 9.17) is 5.11 Å². The third-order valence-corrected chi connectivity index (χ3v) is 3.16. The molecule has 1 N–H and O–H groups in total. The standard InChI is InChI=1S/C15H15NO3/c1-9-4-6-12(7-5-9)16-10(2)8-13(11(16)3)14(17)15(18)19/h4-8H,1-3H3,(H,18,19). The predicted molar refractivity (Wildman–Crippen MR) is 71.9 cm³/mol. The molecule has 0 fully saturated rings. The fourth-order valence-corrected chi connectivity index (χ4v) is 2.20. The van der Waals surface area contributed by atoms with Crippen LogP contribution in [0.1, 0.15) is 27.3 Å². The highest BCUT2D eigenvalue weighted by Gasteiger charge is 2.21. The molecular formula is C15H15NO3. The van der Waals surface area contributed by atoms with E-state index in [0.29, 0.717) is 5.69 Å². The Balaban J connectivity index is 2.57. The summed E-state index contributed by atoms with van der Waals surface area (Å²) in [5, 5.41) is 8.81. The van der Waals surface area contributed by atoms with E-state index < -0.39 is 11.8 Å². The molecule has 0 saturated heterocycles.